The van der Waals surface area contributed by atoms with Crippen molar-refractivity contribution < 1.29 is 28.5 Å². The summed E-state index contributed by atoms with van der Waals surface area (Å²) in [7, 11) is 4.44. The first-order chi connectivity index (χ1) is 14.5. The van der Waals surface area contributed by atoms with E-state index in [0.29, 0.717) is 60.2 Å². The normalized spacial score (nSPS) is 10.3. The van der Waals surface area contributed by atoms with Crippen LogP contribution in [0.4, 0.5) is 5.69 Å². The van der Waals surface area contributed by atoms with Crippen molar-refractivity contribution in [2.24, 2.45) is 0 Å². The molecule has 0 aliphatic carbocycles. The van der Waals surface area contributed by atoms with Crippen molar-refractivity contribution in [2.75, 3.05) is 46.4 Å². The van der Waals surface area contributed by atoms with E-state index in [0.717, 1.165) is 0 Å². The largest absolute Gasteiger partial charge is 0.493 e. The summed E-state index contributed by atoms with van der Waals surface area (Å²) in [6.45, 7) is 3.62. The Bertz CT molecular complexity index is 843. The average molecular weight is 416 g/mol. The zero-order chi connectivity index (χ0) is 21.9. The number of hydrogen-bond donors (Lipinski definition) is 2. The third-order valence-electron chi connectivity index (χ3n) is 4.30. The smallest absolute Gasteiger partial charge is 0.255 e. The van der Waals surface area contributed by atoms with Crippen LogP contribution in [0.15, 0.2) is 36.4 Å². The van der Waals surface area contributed by atoms with Gasteiger partial charge in [-0.3, -0.25) is 9.59 Å². The second-order valence-electron chi connectivity index (χ2n) is 6.22. The standard InChI is InChI=1S/C22H28N2O6/c1-5-30-12-8-11-23-22(26)16-9-6-7-10-17(16)24-21(25)15-13-18(27-2)20(29-4)19(14-15)28-3/h6-7,9-10,13-14H,5,8,11-12H2,1-4H3,(H,23,26)(H,24,25). The summed E-state index contributed by atoms with van der Waals surface area (Å²) < 4.78 is 21.1. The quantitative estimate of drug-likeness (QED) is 0.547. The van der Waals surface area contributed by atoms with Gasteiger partial charge in [0.2, 0.25) is 5.75 Å². The molecule has 0 heterocycles. The highest BCUT2D eigenvalue weighted by atomic mass is 16.5. The van der Waals surface area contributed by atoms with Gasteiger partial charge < -0.3 is 29.6 Å². The van der Waals surface area contributed by atoms with Gasteiger partial charge in [-0.1, -0.05) is 12.1 Å². The molecule has 0 bridgehead atoms. The molecule has 0 atom stereocenters. The molecule has 0 spiro atoms. The fraction of sp³-hybridized carbons (Fsp3) is 0.364. The number of benzene rings is 2. The van der Waals surface area contributed by atoms with Crippen LogP contribution in [0.3, 0.4) is 0 Å². The van der Waals surface area contributed by atoms with Gasteiger partial charge in [0.05, 0.1) is 32.6 Å². The summed E-state index contributed by atoms with van der Waals surface area (Å²) in [5.74, 6) is 0.436. The number of methoxy groups -OCH3 is 3. The minimum absolute atomic E-state index is 0.271. The molecule has 2 aromatic carbocycles. The van der Waals surface area contributed by atoms with Gasteiger partial charge in [-0.2, -0.15) is 0 Å². The van der Waals surface area contributed by atoms with Gasteiger partial charge in [-0.15, -0.1) is 0 Å². The monoisotopic (exact) mass is 416 g/mol. The van der Waals surface area contributed by atoms with Crippen molar-refractivity contribution >= 4 is 17.5 Å². The molecule has 8 heteroatoms. The molecule has 0 fully saturated rings. The molecule has 0 aliphatic rings. The van der Waals surface area contributed by atoms with Crippen LogP contribution in [0.1, 0.15) is 34.1 Å². The summed E-state index contributed by atoms with van der Waals surface area (Å²) >= 11 is 0. The van der Waals surface area contributed by atoms with E-state index in [1.54, 1.807) is 36.4 Å². The SMILES string of the molecule is CCOCCCNC(=O)c1ccccc1NC(=O)c1cc(OC)c(OC)c(OC)c1. The van der Waals surface area contributed by atoms with E-state index in [1.165, 1.54) is 21.3 Å². The van der Waals surface area contributed by atoms with Crippen LogP contribution in [0.25, 0.3) is 0 Å². The van der Waals surface area contributed by atoms with Crippen molar-refractivity contribution in [1.29, 1.82) is 0 Å². The molecule has 2 aromatic rings. The Morgan fingerprint density at radius 2 is 1.60 bits per heavy atom. The Balaban J connectivity index is 2.17. The van der Waals surface area contributed by atoms with Crippen LogP contribution in [0.2, 0.25) is 0 Å². The first-order valence-corrected chi connectivity index (χ1v) is 9.62. The predicted octanol–water partition coefficient (Wildman–Crippen LogP) is 3.12. The molecule has 2 rings (SSSR count). The Hall–Kier alpha value is -3.26. The lowest BCUT2D eigenvalue weighted by atomic mass is 10.1. The zero-order valence-electron chi connectivity index (χ0n) is 17.7. The maximum Gasteiger partial charge on any atom is 0.255 e. The van der Waals surface area contributed by atoms with E-state index in [9.17, 15) is 9.59 Å². The van der Waals surface area contributed by atoms with E-state index < -0.39 is 5.91 Å². The first kappa shape index (κ1) is 23.0. The van der Waals surface area contributed by atoms with Gasteiger partial charge in [0, 0.05) is 25.3 Å². The number of hydrogen-bond acceptors (Lipinski definition) is 6. The second-order valence-corrected chi connectivity index (χ2v) is 6.22. The summed E-state index contributed by atoms with van der Waals surface area (Å²) in [5.41, 5.74) is 1.07. The summed E-state index contributed by atoms with van der Waals surface area (Å²) in [5, 5.41) is 5.62. The van der Waals surface area contributed by atoms with Crippen LogP contribution in [0, 0.1) is 0 Å². The van der Waals surface area contributed by atoms with Crippen LogP contribution in [-0.2, 0) is 4.74 Å². The minimum Gasteiger partial charge on any atom is -0.493 e. The number of para-hydroxylation sites is 1. The third kappa shape index (κ3) is 5.87. The number of ether oxygens (including phenoxy) is 4. The molecule has 0 saturated carbocycles. The molecular formula is C22H28N2O6. The molecule has 0 aliphatic heterocycles. The molecule has 162 valence electrons. The molecule has 30 heavy (non-hydrogen) atoms. The lowest BCUT2D eigenvalue weighted by molar-refractivity contribution is 0.0945. The van der Waals surface area contributed by atoms with Crippen LogP contribution in [-0.4, -0.2) is 52.9 Å². The summed E-state index contributed by atoms with van der Waals surface area (Å²) in [6, 6.07) is 9.91. The maximum absolute atomic E-state index is 12.8. The van der Waals surface area contributed by atoms with Crippen molar-refractivity contribution in [3.05, 3.63) is 47.5 Å². The zero-order valence-corrected chi connectivity index (χ0v) is 17.7. The van der Waals surface area contributed by atoms with Gasteiger partial charge >= 0.3 is 0 Å². The fourth-order valence-electron chi connectivity index (χ4n) is 2.81. The van der Waals surface area contributed by atoms with E-state index in [4.69, 9.17) is 18.9 Å². The Labute approximate surface area is 176 Å². The number of carbonyl (C=O) groups is 2. The lowest BCUT2D eigenvalue weighted by Crippen LogP contribution is -2.26. The Kier molecular flexibility index (Phi) is 8.96. The number of anilines is 1. The molecule has 0 unspecified atom stereocenters. The highest BCUT2D eigenvalue weighted by Gasteiger charge is 2.19. The van der Waals surface area contributed by atoms with Crippen LogP contribution < -0.4 is 24.8 Å². The van der Waals surface area contributed by atoms with Gasteiger partial charge in [0.15, 0.2) is 11.5 Å². The molecule has 0 saturated heterocycles. The highest BCUT2D eigenvalue weighted by Crippen LogP contribution is 2.38. The first-order valence-electron chi connectivity index (χ1n) is 9.62. The Morgan fingerprint density at radius 3 is 2.20 bits per heavy atom. The van der Waals surface area contributed by atoms with Gasteiger partial charge in [-0.25, -0.2) is 0 Å². The molecule has 2 N–H and O–H groups in total. The average Bonchev–Trinajstić information content (AvgIpc) is 2.77. The predicted molar refractivity (Wildman–Crippen MR) is 114 cm³/mol. The fourth-order valence-corrected chi connectivity index (χ4v) is 2.81. The number of nitrogens with one attached hydrogen (secondary N) is 2. The van der Waals surface area contributed by atoms with Crippen molar-refractivity contribution in [3.8, 4) is 17.2 Å². The summed E-state index contributed by atoms with van der Waals surface area (Å²) in [6.07, 6.45) is 0.708. The summed E-state index contributed by atoms with van der Waals surface area (Å²) in [4.78, 5) is 25.4. The molecule has 0 aromatic heterocycles. The topological polar surface area (TPSA) is 95.1 Å². The second kappa shape index (κ2) is 11.7. The van der Waals surface area contributed by atoms with E-state index >= 15 is 0 Å². The number of rotatable bonds is 11. The number of amides is 2. The molecule has 8 nitrogen and oxygen atoms in total. The van der Waals surface area contributed by atoms with Crippen molar-refractivity contribution in [2.45, 2.75) is 13.3 Å². The van der Waals surface area contributed by atoms with Gasteiger partial charge in [0.25, 0.3) is 11.8 Å². The molecule has 0 radical (unpaired) electrons. The lowest BCUT2D eigenvalue weighted by Gasteiger charge is -2.15. The third-order valence-corrected chi connectivity index (χ3v) is 4.30. The molecular weight excluding hydrogens is 388 g/mol. The van der Waals surface area contributed by atoms with Gasteiger partial charge in [0.1, 0.15) is 0 Å². The number of carbonyl (C=O) groups excluding carboxylic acids is 2. The van der Waals surface area contributed by atoms with E-state index in [-0.39, 0.29) is 5.91 Å². The van der Waals surface area contributed by atoms with E-state index in [2.05, 4.69) is 10.6 Å². The minimum atomic E-state index is -0.411. The maximum atomic E-state index is 12.8. The van der Waals surface area contributed by atoms with Crippen molar-refractivity contribution in [1.82, 2.24) is 5.32 Å². The highest BCUT2D eigenvalue weighted by molar-refractivity contribution is 6.09. The van der Waals surface area contributed by atoms with Crippen LogP contribution in [0.5, 0.6) is 17.2 Å². The van der Waals surface area contributed by atoms with Gasteiger partial charge in [-0.05, 0) is 37.6 Å². The Morgan fingerprint density at radius 1 is 0.933 bits per heavy atom. The van der Waals surface area contributed by atoms with Crippen LogP contribution >= 0.6 is 0 Å². The van der Waals surface area contributed by atoms with Crippen molar-refractivity contribution in [3.63, 3.8) is 0 Å². The molecule has 2 amide bonds. The van der Waals surface area contributed by atoms with E-state index in [1.807, 2.05) is 6.92 Å².